The molecular formula is C11H12N4O2. The van der Waals surface area contributed by atoms with Crippen molar-refractivity contribution in [3.8, 4) is 0 Å². The summed E-state index contributed by atoms with van der Waals surface area (Å²) < 4.78 is 0. The van der Waals surface area contributed by atoms with E-state index in [0.29, 0.717) is 12.1 Å². The van der Waals surface area contributed by atoms with E-state index in [1.807, 2.05) is 34.4 Å². The molecule has 0 saturated carbocycles. The Kier molecular flexibility index (Phi) is 2.24. The van der Waals surface area contributed by atoms with Crippen LogP contribution >= 0.6 is 0 Å². The zero-order valence-electron chi connectivity index (χ0n) is 9.02. The molecule has 2 N–H and O–H groups in total. The lowest BCUT2D eigenvalue weighted by atomic mass is 10.2. The molecule has 1 fully saturated rings. The van der Waals surface area contributed by atoms with Crippen LogP contribution in [-0.4, -0.2) is 38.9 Å². The molecule has 3 heterocycles. The van der Waals surface area contributed by atoms with Crippen molar-refractivity contribution in [1.82, 2.24) is 20.7 Å². The Morgan fingerprint density at radius 2 is 2.29 bits per heavy atom. The van der Waals surface area contributed by atoms with Gasteiger partial charge in [0.15, 0.2) is 0 Å². The molecule has 17 heavy (non-hydrogen) atoms. The fourth-order valence-corrected chi connectivity index (χ4v) is 2.01. The first-order valence-electron chi connectivity index (χ1n) is 5.33. The second-order valence-corrected chi connectivity index (χ2v) is 3.89. The summed E-state index contributed by atoms with van der Waals surface area (Å²) in [6, 6.07) is 0. The van der Waals surface area contributed by atoms with E-state index < -0.39 is 5.97 Å². The number of hydrazine groups is 3. The molecule has 0 aliphatic carbocycles. The molecule has 3 aliphatic heterocycles. The maximum atomic E-state index is 10.9. The van der Waals surface area contributed by atoms with E-state index in [4.69, 9.17) is 5.11 Å². The van der Waals surface area contributed by atoms with Crippen LogP contribution in [0.2, 0.25) is 0 Å². The van der Waals surface area contributed by atoms with Gasteiger partial charge in [0.25, 0.3) is 0 Å². The van der Waals surface area contributed by atoms with Crippen molar-refractivity contribution < 1.29 is 9.90 Å². The zero-order valence-corrected chi connectivity index (χ0v) is 9.02. The lowest BCUT2D eigenvalue weighted by Gasteiger charge is -2.25. The number of carbonyl (C=O) groups is 1. The average Bonchev–Trinajstić information content (AvgIpc) is 2.53. The van der Waals surface area contributed by atoms with E-state index >= 15 is 0 Å². The summed E-state index contributed by atoms with van der Waals surface area (Å²) in [5.41, 5.74) is 3.44. The number of aliphatic carboxylic acids is 1. The summed E-state index contributed by atoms with van der Waals surface area (Å²) in [6.45, 7) is 0.543. The van der Waals surface area contributed by atoms with Gasteiger partial charge in [0.1, 0.15) is 6.17 Å². The van der Waals surface area contributed by atoms with Crippen LogP contribution in [0.1, 0.15) is 0 Å². The van der Waals surface area contributed by atoms with Gasteiger partial charge in [-0.25, -0.2) is 9.91 Å². The Morgan fingerprint density at radius 3 is 3.12 bits per heavy atom. The molecule has 0 radical (unpaired) electrons. The molecule has 0 aromatic carbocycles. The van der Waals surface area contributed by atoms with E-state index in [2.05, 4.69) is 5.53 Å². The molecule has 6 nitrogen and oxygen atoms in total. The van der Waals surface area contributed by atoms with Crippen LogP contribution in [0.5, 0.6) is 0 Å². The Balaban J connectivity index is 1.86. The molecule has 3 rings (SSSR count). The van der Waals surface area contributed by atoms with Crippen LogP contribution in [0.4, 0.5) is 0 Å². The molecule has 1 unspecified atom stereocenters. The standard InChI is InChI=1S/C11H12N4O2/c16-11(17)9-4-7-14-10-3-1-2-6-13(10)12-15(14)8-5-9/h1-6,8,10,12H,7H2,(H,16,17). The first-order valence-corrected chi connectivity index (χ1v) is 5.33. The van der Waals surface area contributed by atoms with Crippen LogP contribution in [0.25, 0.3) is 0 Å². The molecule has 88 valence electrons. The molecule has 0 spiro atoms. The van der Waals surface area contributed by atoms with Crippen LogP contribution in [-0.2, 0) is 4.79 Å². The van der Waals surface area contributed by atoms with Gasteiger partial charge in [-0.1, -0.05) is 12.2 Å². The minimum atomic E-state index is -0.903. The number of hydrogen-bond donors (Lipinski definition) is 2. The summed E-state index contributed by atoms with van der Waals surface area (Å²) >= 11 is 0. The number of allylic oxidation sites excluding steroid dienone is 2. The van der Waals surface area contributed by atoms with E-state index in [0.717, 1.165) is 0 Å². The second kappa shape index (κ2) is 3.76. The van der Waals surface area contributed by atoms with Gasteiger partial charge in [-0.3, -0.25) is 5.01 Å². The Hall–Kier alpha value is -2.05. The smallest absolute Gasteiger partial charge is 0.335 e. The highest BCUT2D eigenvalue weighted by Gasteiger charge is 2.34. The third kappa shape index (κ3) is 1.63. The topological polar surface area (TPSA) is 59.1 Å². The lowest BCUT2D eigenvalue weighted by molar-refractivity contribution is -0.132. The average molecular weight is 232 g/mol. The Labute approximate surface area is 98.3 Å². The van der Waals surface area contributed by atoms with Crippen molar-refractivity contribution in [3.05, 3.63) is 48.4 Å². The third-order valence-electron chi connectivity index (χ3n) is 2.87. The fraction of sp³-hybridized carbons (Fsp3) is 0.182. The first kappa shape index (κ1) is 10.1. The summed E-state index contributed by atoms with van der Waals surface area (Å²) in [4.78, 5) is 10.9. The highest BCUT2D eigenvalue weighted by Crippen LogP contribution is 2.22. The van der Waals surface area contributed by atoms with Crippen LogP contribution in [0.15, 0.2) is 48.4 Å². The summed E-state index contributed by atoms with van der Waals surface area (Å²) in [7, 11) is 0. The predicted molar refractivity (Wildman–Crippen MR) is 60.4 cm³/mol. The number of fused-ring (bicyclic) bond motifs is 3. The number of nitrogens with one attached hydrogen (secondary N) is 1. The van der Waals surface area contributed by atoms with Crippen molar-refractivity contribution in [3.63, 3.8) is 0 Å². The predicted octanol–water partition coefficient (Wildman–Crippen LogP) is 0.189. The van der Waals surface area contributed by atoms with Gasteiger partial charge in [0.05, 0.1) is 5.57 Å². The van der Waals surface area contributed by atoms with E-state index in [-0.39, 0.29) is 6.17 Å². The summed E-state index contributed by atoms with van der Waals surface area (Å²) in [5.74, 6) is -0.903. The van der Waals surface area contributed by atoms with Gasteiger partial charge in [-0.05, 0) is 18.2 Å². The third-order valence-corrected chi connectivity index (χ3v) is 2.87. The monoisotopic (exact) mass is 232 g/mol. The van der Waals surface area contributed by atoms with E-state index in [9.17, 15) is 4.79 Å². The molecule has 1 atom stereocenters. The van der Waals surface area contributed by atoms with E-state index in [1.165, 1.54) is 0 Å². The van der Waals surface area contributed by atoms with Gasteiger partial charge in [-0.15, -0.1) is 5.53 Å². The summed E-state index contributed by atoms with van der Waals surface area (Å²) in [5, 5.41) is 14.7. The Morgan fingerprint density at radius 1 is 1.41 bits per heavy atom. The Bertz CT molecular complexity index is 466. The molecule has 0 aromatic rings. The highest BCUT2D eigenvalue weighted by molar-refractivity contribution is 5.89. The SMILES string of the molecule is O=C(O)C1=CCN2C3C=CC=CN3NN2C=C1. The number of carboxylic acid groups (broad SMARTS) is 1. The normalized spacial score (nSPS) is 26.6. The van der Waals surface area contributed by atoms with Crippen molar-refractivity contribution >= 4 is 5.97 Å². The van der Waals surface area contributed by atoms with Crippen LogP contribution in [0.3, 0.4) is 0 Å². The van der Waals surface area contributed by atoms with Crippen molar-refractivity contribution in [2.45, 2.75) is 6.17 Å². The zero-order chi connectivity index (χ0) is 11.8. The number of hydrogen-bond acceptors (Lipinski definition) is 5. The molecular weight excluding hydrogens is 220 g/mol. The maximum absolute atomic E-state index is 10.9. The number of rotatable bonds is 1. The van der Waals surface area contributed by atoms with Crippen LogP contribution < -0.4 is 5.53 Å². The molecule has 0 amide bonds. The van der Waals surface area contributed by atoms with Gasteiger partial charge >= 0.3 is 5.97 Å². The lowest BCUT2D eigenvalue weighted by Crippen LogP contribution is -2.39. The number of nitrogens with zero attached hydrogens (tertiary/aromatic N) is 3. The summed E-state index contributed by atoms with van der Waals surface area (Å²) in [6.07, 6.45) is 13.0. The van der Waals surface area contributed by atoms with Gasteiger partial charge < -0.3 is 5.11 Å². The highest BCUT2D eigenvalue weighted by atomic mass is 16.4. The van der Waals surface area contributed by atoms with Crippen LogP contribution in [0, 0.1) is 0 Å². The first-order chi connectivity index (χ1) is 8.25. The molecule has 0 aromatic heterocycles. The maximum Gasteiger partial charge on any atom is 0.335 e. The van der Waals surface area contributed by atoms with Crippen molar-refractivity contribution in [2.24, 2.45) is 0 Å². The second-order valence-electron chi connectivity index (χ2n) is 3.89. The number of carboxylic acids is 1. The minimum absolute atomic E-state index is 0.0778. The molecule has 6 heteroatoms. The fourth-order valence-electron chi connectivity index (χ4n) is 2.01. The quantitative estimate of drug-likeness (QED) is 0.673. The molecule has 1 saturated heterocycles. The van der Waals surface area contributed by atoms with Gasteiger partial charge in [-0.2, -0.15) is 5.01 Å². The van der Waals surface area contributed by atoms with Crippen molar-refractivity contribution in [2.75, 3.05) is 6.54 Å². The molecule has 3 aliphatic rings. The van der Waals surface area contributed by atoms with Gasteiger partial charge in [0, 0.05) is 18.9 Å². The molecule has 0 bridgehead atoms. The van der Waals surface area contributed by atoms with Gasteiger partial charge in [0.2, 0.25) is 0 Å². The largest absolute Gasteiger partial charge is 0.478 e. The van der Waals surface area contributed by atoms with E-state index in [1.54, 1.807) is 23.5 Å². The van der Waals surface area contributed by atoms with Crippen molar-refractivity contribution in [1.29, 1.82) is 0 Å². The minimum Gasteiger partial charge on any atom is -0.478 e.